The molecule has 1 aromatic carbocycles. The summed E-state index contributed by atoms with van der Waals surface area (Å²) in [7, 11) is 1.40. The van der Waals surface area contributed by atoms with E-state index in [-0.39, 0.29) is 28.5 Å². The summed E-state index contributed by atoms with van der Waals surface area (Å²) in [6, 6.07) is 2.90. The van der Waals surface area contributed by atoms with Crippen LogP contribution in [0.5, 0.6) is 5.75 Å². The second-order valence-electron chi connectivity index (χ2n) is 2.76. The van der Waals surface area contributed by atoms with Crippen LogP contribution in [-0.2, 0) is 4.79 Å². The van der Waals surface area contributed by atoms with Gasteiger partial charge in [0.25, 0.3) is 0 Å². The van der Waals surface area contributed by atoms with Gasteiger partial charge in [-0.1, -0.05) is 23.2 Å². The second kappa shape index (κ2) is 5.14. The molecule has 0 saturated carbocycles. The summed E-state index contributed by atoms with van der Waals surface area (Å²) in [5, 5.41) is 0.578. The second-order valence-corrected chi connectivity index (χ2v) is 3.61. The third-order valence-electron chi connectivity index (χ3n) is 1.78. The average molecular weight is 247 g/mol. The molecule has 1 aromatic rings. The van der Waals surface area contributed by atoms with Gasteiger partial charge in [0.1, 0.15) is 12.0 Å². The van der Waals surface area contributed by atoms with Crippen molar-refractivity contribution in [1.82, 2.24) is 0 Å². The Morgan fingerprint density at radius 1 is 1.47 bits per heavy atom. The lowest BCUT2D eigenvalue weighted by molar-refractivity contribution is -0.107. The molecule has 0 N–H and O–H groups in total. The fourth-order valence-electron chi connectivity index (χ4n) is 1.16. The summed E-state index contributed by atoms with van der Waals surface area (Å²) in [4.78, 5) is 21.7. The molecule has 0 aliphatic heterocycles. The number of benzene rings is 1. The maximum Gasteiger partial charge on any atom is 0.173 e. The van der Waals surface area contributed by atoms with E-state index in [9.17, 15) is 9.59 Å². The first kappa shape index (κ1) is 12.0. The first-order valence-electron chi connectivity index (χ1n) is 4.10. The zero-order valence-corrected chi connectivity index (χ0v) is 9.43. The lowest BCUT2D eigenvalue weighted by Crippen LogP contribution is -2.03. The standard InChI is InChI=1S/C10H8Cl2O3/c1-15-10-7(9(14)2-3-13)4-6(11)5-8(10)12/h3-5H,2H2,1H3. The summed E-state index contributed by atoms with van der Waals surface area (Å²) >= 11 is 11.6. The molecule has 0 fully saturated rings. The number of halogens is 2. The predicted octanol–water partition coefficient (Wildman–Crippen LogP) is 2.77. The van der Waals surface area contributed by atoms with Gasteiger partial charge in [-0.05, 0) is 12.1 Å². The van der Waals surface area contributed by atoms with Gasteiger partial charge in [-0.2, -0.15) is 0 Å². The van der Waals surface area contributed by atoms with Gasteiger partial charge in [-0.25, -0.2) is 0 Å². The van der Waals surface area contributed by atoms with Crippen LogP contribution < -0.4 is 4.74 Å². The molecule has 1 rings (SSSR count). The van der Waals surface area contributed by atoms with Crippen molar-refractivity contribution in [2.24, 2.45) is 0 Å². The van der Waals surface area contributed by atoms with E-state index in [4.69, 9.17) is 27.9 Å². The van der Waals surface area contributed by atoms with Crippen LogP contribution in [0.15, 0.2) is 12.1 Å². The number of methoxy groups -OCH3 is 1. The van der Waals surface area contributed by atoms with E-state index < -0.39 is 0 Å². The van der Waals surface area contributed by atoms with E-state index in [0.717, 1.165) is 0 Å². The number of ether oxygens (including phenoxy) is 1. The highest BCUT2D eigenvalue weighted by molar-refractivity contribution is 6.36. The fourth-order valence-corrected chi connectivity index (χ4v) is 1.73. The van der Waals surface area contributed by atoms with Crippen LogP contribution in [0.2, 0.25) is 10.0 Å². The maximum absolute atomic E-state index is 11.5. The van der Waals surface area contributed by atoms with Crippen molar-refractivity contribution in [3.63, 3.8) is 0 Å². The van der Waals surface area contributed by atoms with Crippen LogP contribution in [0.1, 0.15) is 16.8 Å². The maximum atomic E-state index is 11.5. The van der Waals surface area contributed by atoms with Gasteiger partial charge < -0.3 is 9.53 Å². The van der Waals surface area contributed by atoms with Gasteiger partial charge in [0.15, 0.2) is 5.78 Å². The highest BCUT2D eigenvalue weighted by Gasteiger charge is 2.15. The Morgan fingerprint density at radius 2 is 2.13 bits per heavy atom. The molecule has 3 nitrogen and oxygen atoms in total. The molecule has 0 aliphatic rings. The van der Waals surface area contributed by atoms with Gasteiger partial charge in [-0.3, -0.25) is 4.79 Å². The van der Waals surface area contributed by atoms with Gasteiger partial charge >= 0.3 is 0 Å². The SMILES string of the molecule is COc1c(Cl)cc(Cl)cc1C(=O)CC=O. The largest absolute Gasteiger partial charge is 0.494 e. The van der Waals surface area contributed by atoms with E-state index >= 15 is 0 Å². The molecule has 0 heterocycles. The molecule has 0 bridgehead atoms. The number of hydrogen-bond donors (Lipinski definition) is 0. The lowest BCUT2D eigenvalue weighted by atomic mass is 10.1. The Hall–Kier alpha value is -1.06. The van der Waals surface area contributed by atoms with Crippen molar-refractivity contribution in [1.29, 1.82) is 0 Å². The predicted molar refractivity (Wildman–Crippen MR) is 58.0 cm³/mol. The molecule has 0 spiro atoms. The molecule has 0 amide bonds. The summed E-state index contributed by atoms with van der Waals surface area (Å²) in [6.07, 6.45) is 0.309. The van der Waals surface area contributed by atoms with Gasteiger partial charge in [0.05, 0.1) is 24.1 Å². The van der Waals surface area contributed by atoms with Gasteiger partial charge in [0, 0.05) is 5.02 Å². The highest BCUT2D eigenvalue weighted by Crippen LogP contribution is 2.32. The van der Waals surface area contributed by atoms with E-state index in [1.807, 2.05) is 0 Å². The molecular weight excluding hydrogens is 239 g/mol. The molecule has 0 saturated heterocycles. The Kier molecular flexibility index (Phi) is 4.12. The topological polar surface area (TPSA) is 43.4 Å². The minimum absolute atomic E-state index is 0.215. The van der Waals surface area contributed by atoms with Crippen molar-refractivity contribution in [2.45, 2.75) is 6.42 Å². The van der Waals surface area contributed by atoms with Crippen molar-refractivity contribution in [3.05, 3.63) is 27.7 Å². The van der Waals surface area contributed by atoms with E-state index in [2.05, 4.69) is 0 Å². The third-order valence-corrected chi connectivity index (χ3v) is 2.28. The normalized spacial score (nSPS) is 9.80. The molecule has 15 heavy (non-hydrogen) atoms. The molecule has 80 valence electrons. The summed E-state index contributed by atoms with van der Waals surface area (Å²) in [5.74, 6) is -0.126. The Balaban J connectivity index is 3.25. The van der Waals surface area contributed by atoms with E-state index in [1.165, 1.54) is 19.2 Å². The zero-order chi connectivity index (χ0) is 11.4. The Bertz CT molecular complexity index is 402. The Labute approximate surface area is 96.9 Å². The number of Topliss-reactive ketones (excluding diaryl/α,β-unsaturated/α-hetero) is 1. The van der Waals surface area contributed by atoms with Crippen molar-refractivity contribution in [3.8, 4) is 5.75 Å². The average Bonchev–Trinajstić information content (AvgIpc) is 2.17. The van der Waals surface area contributed by atoms with Crippen LogP contribution >= 0.6 is 23.2 Å². The van der Waals surface area contributed by atoms with Crippen LogP contribution in [0.25, 0.3) is 0 Å². The Morgan fingerprint density at radius 3 is 2.67 bits per heavy atom. The molecule has 0 atom stereocenters. The van der Waals surface area contributed by atoms with Crippen molar-refractivity contribution < 1.29 is 14.3 Å². The monoisotopic (exact) mass is 246 g/mol. The number of carbonyl (C=O) groups is 2. The molecule has 5 heteroatoms. The third kappa shape index (κ3) is 2.70. The number of rotatable bonds is 4. The minimum Gasteiger partial charge on any atom is -0.494 e. The van der Waals surface area contributed by atoms with Crippen LogP contribution in [0.4, 0.5) is 0 Å². The zero-order valence-electron chi connectivity index (χ0n) is 7.92. The van der Waals surface area contributed by atoms with Crippen LogP contribution in [0.3, 0.4) is 0 Å². The quantitative estimate of drug-likeness (QED) is 0.466. The molecule has 0 aliphatic carbocycles. The number of aldehydes is 1. The summed E-state index contributed by atoms with van der Waals surface area (Å²) in [6.45, 7) is 0. The molecule has 0 unspecified atom stereocenters. The number of ketones is 1. The lowest BCUT2D eigenvalue weighted by Gasteiger charge is -2.08. The van der Waals surface area contributed by atoms with Gasteiger partial charge in [-0.15, -0.1) is 0 Å². The van der Waals surface area contributed by atoms with Crippen LogP contribution in [-0.4, -0.2) is 19.2 Å². The van der Waals surface area contributed by atoms with E-state index in [0.29, 0.717) is 11.3 Å². The summed E-state index contributed by atoms with van der Waals surface area (Å²) in [5.41, 5.74) is 0.224. The smallest absolute Gasteiger partial charge is 0.173 e. The van der Waals surface area contributed by atoms with Crippen LogP contribution in [0, 0.1) is 0 Å². The van der Waals surface area contributed by atoms with E-state index in [1.54, 1.807) is 0 Å². The number of carbonyl (C=O) groups excluding carboxylic acids is 2. The molecule has 0 radical (unpaired) electrons. The highest BCUT2D eigenvalue weighted by atomic mass is 35.5. The molecular formula is C10H8Cl2O3. The van der Waals surface area contributed by atoms with Crippen molar-refractivity contribution >= 4 is 35.3 Å². The fraction of sp³-hybridized carbons (Fsp3) is 0.200. The molecule has 0 aromatic heterocycles. The van der Waals surface area contributed by atoms with Gasteiger partial charge in [0.2, 0.25) is 0 Å². The first-order chi connectivity index (χ1) is 7.10. The number of hydrogen-bond acceptors (Lipinski definition) is 3. The minimum atomic E-state index is -0.369. The summed E-state index contributed by atoms with van der Waals surface area (Å²) < 4.78 is 4.97. The van der Waals surface area contributed by atoms with Crippen molar-refractivity contribution in [2.75, 3.05) is 7.11 Å². The first-order valence-corrected chi connectivity index (χ1v) is 4.85.